The molecule has 1 amide bonds. The lowest BCUT2D eigenvalue weighted by atomic mass is 10.2. The van der Waals surface area contributed by atoms with Gasteiger partial charge in [0.05, 0.1) is 6.54 Å². The fourth-order valence-corrected chi connectivity index (χ4v) is 2.83. The predicted octanol–water partition coefficient (Wildman–Crippen LogP) is 3.19. The number of rotatable bonds is 8. The Kier molecular flexibility index (Phi) is 6.30. The molecule has 0 bridgehead atoms. The molecule has 2 rings (SSSR count). The molecule has 0 aliphatic carbocycles. The molecule has 5 heteroatoms. The Morgan fingerprint density at radius 2 is 2.14 bits per heavy atom. The lowest BCUT2D eigenvalue weighted by Gasteiger charge is -2.19. The summed E-state index contributed by atoms with van der Waals surface area (Å²) in [6.45, 7) is 5.52. The van der Waals surface area contributed by atoms with E-state index in [1.54, 1.807) is 35.6 Å². The molecule has 3 nitrogen and oxygen atoms in total. The highest BCUT2D eigenvalue weighted by molar-refractivity contribution is 7.09. The summed E-state index contributed by atoms with van der Waals surface area (Å²) in [5.41, 5.74) is 0.490. The Morgan fingerprint density at radius 3 is 2.82 bits per heavy atom. The van der Waals surface area contributed by atoms with Crippen molar-refractivity contribution < 1.29 is 9.18 Å². The molecule has 0 fully saturated rings. The summed E-state index contributed by atoms with van der Waals surface area (Å²) in [4.78, 5) is 15.2. The van der Waals surface area contributed by atoms with Crippen molar-refractivity contribution in [2.45, 2.75) is 13.1 Å². The number of carbonyl (C=O) groups is 1. The molecule has 1 heterocycles. The Labute approximate surface area is 134 Å². The molecule has 0 spiro atoms. The average Bonchev–Trinajstić information content (AvgIpc) is 2.99. The number of nitrogens with one attached hydrogen (secondary N) is 1. The van der Waals surface area contributed by atoms with Gasteiger partial charge in [-0.2, -0.15) is 0 Å². The van der Waals surface area contributed by atoms with Crippen LogP contribution >= 0.6 is 11.3 Å². The number of hydrogen-bond donors (Lipinski definition) is 1. The van der Waals surface area contributed by atoms with E-state index in [-0.39, 0.29) is 24.8 Å². The molecule has 1 aromatic carbocycles. The zero-order valence-corrected chi connectivity index (χ0v) is 13.1. The van der Waals surface area contributed by atoms with Crippen molar-refractivity contribution in [3.05, 3.63) is 70.7 Å². The van der Waals surface area contributed by atoms with Crippen molar-refractivity contribution in [1.82, 2.24) is 10.2 Å². The average molecular weight is 318 g/mol. The second kappa shape index (κ2) is 8.46. The zero-order chi connectivity index (χ0) is 15.8. The third-order valence-corrected chi connectivity index (χ3v) is 4.01. The number of thiophene rings is 1. The Balaban J connectivity index is 1.85. The second-order valence-electron chi connectivity index (χ2n) is 4.91. The first-order chi connectivity index (χ1) is 10.7. The normalized spacial score (nSPS) is 10.6. The topological polar surface area (TPSA) is 32.3 Å². The zero-order valence-electron chi connectivity index (χ0n) is 12.3. The Hall–Kier alpha value is -1.98. The van der Waals surface area contributed by atoms with Gasteiger partial charge in [0.2, 0.25) is 5.91 Å². The van der Waals surface area contributed by atoms with Crippen LogP contribution in [0.1, 0.15) is 10.4 Å². The quantitative estimate of drug-likeness (QED) is 0.758. The predicted molar refractivity (Wildman–Crippen MR) is 88.0 cm³/mol. The summed E-state index contributed by atoms with van der Waals surface area (Å²) in [5.74, 6) is -0.425. The highest BCUT2D eigenvalue weighted by Crippen LogP contribution is 2.11. The molecule has 0 atom stereocenters. The van der Waals surface area contributed by atoms with E-state index < -0.39 is 0 Å². The van der Waals surface area contributed by atoms with Crippen LogP contribution in [0.3, 0.4) is 0 Å². The number of carbonyl (C=O) groups excluding carboxylic acids is 1. The van der Waals surface area contributed by atoms with E-state index in [0.717, 1.165) is 0 Å². The molecule has 0 saturated carbocycles. The summed E-state index contributed by atoms with van der Waals surface area (Å²) in [7, 11) is 0. The molecule has 0 aliphatic heterocycles. The Bertz CT molecular complexity index is 613. The monoisotopic (exact) mass is 318 g/mol. The SMILES string of the molecule is C=CCN(CC(=O)NCc1ccccc1F)Cc1cccs1. The first-order valence-corrected chi connectivity index (χ1v) is 7.92. The maximum atomic E-state index is 13.5. The van der Waals surface area contributed by atoms with Gasteiger partial charge in [0.15, 0.2) is 0 Å². The molecular formula is C17H19FN2OS. The summed E-state index contributed by atoms with van der Waals surface area (Å²) >= 11 is 1.66. The smallest absolute Gasteiger partial charge is 0.234 e. The maximum Gasteiger partial charge on any atom is 0.234 e. The molecule has 116 valence electrons. The van der Waals surface area contributed by atoms with Gasteiger partial charge >= 0.3 is 0 Å². The van der Waals surface area contributed by atoms with Gasteiger partial charge < -0.3 is 5.32 Å². The van der Waals surface area contributed by atoms with E-state index in [2.05, 4.69) is 11.9 Å². The highest BCUT2D eigenvalue weighted by atomic mass is 32.1. The van der Waals surface area contributed by atoms with Crippen molar-refractivity contribution >= 4 is 17.2 Å². The van der Waals surface area contributed by atoms with Gasteiger partial charge in [-0.3, -0.25) is 9.69 Å². The third-order valence-electron chi connectivity index (χ3n) is 3.15. The van der Waals surface area contributed by atoms with E-state index >= 15 is 0 Å². The van der Waals surface area contributed by atoms with E-state index in [4.69, 9.17) is 0 Å². The molecular weight excluding hydrogens is 299 g/mol. The minimum atomic E-state index is -0.302. The first kappa shape index (κ1) is 16.4. The van der Waals surface area contributed by atoms with Gasteiger partial charge in [-0.15, -0.1) is 17.9 Å². The van der Waals surface area contributed by atoms with Crippen LogP contribution in [0.15, 0.2) is 54.4 Å². The lowest BCUT2D eigenvalue weighted by Crippen LogP contribution is -2.36. The minimum absolute atomic E-state index is 0.123. The third kappa shape index (κ3) is 5.09. The molecule has 0 saturated heterocycles. The second-order valence-corrected chi connectivity index (χ2v) is 5.94. The molecule has 1 N–H and O–H groups in total. The molecule has 1 aromatic heterocycles. The summed E-state index contributed by atoms with van der Waals surface area (Å²) in [5, 5.41) is 4.77. The first-order valence-electron chi connectivity index (χ1n) is 7.05. The largest absolute Gasteiger partial charge is 0.351 e. The molecule has 0 aliphatic rings. The number of benzene rings is 1. The number of amides is 1. The Morgan fingerprint density at radius 1 is 1.32 bits per heavy atom. The van der Waals surface area contributed by atoms with Gasteiger partial charge in [-0.25, -0.2) is 4.39 Å². The fraction of sp³-hybridized carbons (Fsp3) is 0.235. The molecule has 22 heavy (non-hydrogen) atoms. The molecule has 0 unspecified atom stereocenters. The lowest BCUT2D eigenvalue weighted by molar-refractivity contribution is -0.122. The van der Waals surface area contributed by atoms with Crippen LogP contribution in [0.25, 0.3) is 0 Å². The molecule has 0 radical (unpaired) electrons. The van der Waals surface area contributed by atoms with Crippen LogP contribution in [-0.4, -0.2) is 23.9 Å². The van der Waals surface area contributed by atoms with E-state index in [1.807, 2.05) is 22.4 Å². The van der Waals surface area contributed by atoms with Crippen molar-refractivity contribution in [2.75, 3.05) is 13.1 Å². The number of nitrogens with zero attached hydrogens (tertiary/aromatic N) is 1. The standard InChI is InChI=1S/C17H19FN2OS/c1-2-9-20(12-15-7-5-10-22-15)13-17(21)19-11-14-6-3-4-8-16(14)18/h2-8,10H,1,9,11-13H2,(H,19,21). The fourth-order valence-electron chi connectivity index (χ4n) is 2.09. The highest BCUT2D eigenvalue weighted by Gasteiger charge is 2.11. The van der Waals surface area contributed by atoms with E-state index in [0.29, 0.717) is 18.7 Å². The van der Waals surface area contributed by atoms with Crippen LogP contribution in [0.4, 0.5) is 4.39 Å². The van der Waals surface area contributed by atoms with Crippen molar-refractivity contribution in [1.29, 1.82) is 0 Å². The molecule has 2 aromatic rings. The van der Waals surface area contributed by atoms with Crippen LogP contribution in [-0.2, 0) is 17.9 Å². The summed E-state index contributed by atoms with van der Waals surface area (Å²) in [6.07, 6.45) is 1.78. The maximum absolute atomic E-state index is 13.5. The van der Waals surface area contributed by atoms with E-state index in [9.17, 15) is 9.18 Å². The van der Waals surface area contributed by atoms with Gasteiger partial charge in [-0.1, -0.05) is 30.3 Å². The number of hydrogen-bond acceptors (Lipinski definition) is 3. The van der Waals surface area contributed by atoms with Crippen LogP contribution in [0.5, 0.6) is 0 Å². The van der Waals surface area contributed by atoms with Crippen molar-refractivity contribution in [3.63, 3.8) is 0 Å². The van der Waals surface area contributed by atoms with Crippen LogP contribution < -0.4 is 5.32 Å². The van der Waals surface area contributed by atoms with Crippen molar-refractivity contribution in [3.8, 4) is 0 Å². The van der Waals surface area contributed by atoms with Gasteiger partial charge in [-0.05, 0) is 17.5 Å². The van der Waals surface area contributed by atoms with Gasteiger partial charge in [0.25, 0.3) is 0 Å². The van der Waals surface area contributed by atoms with Gasteiger partial charge in [0.1, 0.15) is 5.82 Å². The van der Waals surface area contributed by atoms with Crippen LogP contribution in [0, 0.1) is 5.82 Å². The number of halogens is 1. The van der Waals surface area contributed by atoms with Crippen LogP contribution in [0.2, 0.25) is 0 Å². The van der Waals surface area contributed by atoms with Gasteiger partial charge in [0, 0.05) is 30.1 Å². The van der Waals surface area contributed by atoms with Crippen molar-refractivity contribution in [2.24, 2.45) is 0 Å². The summed E-state index contributed by atoms with van der Waals surface area (Å²) < 4.78 is 13.5. The van der Waals surface area contributed by atoms with E-state index in [1.165, 1.54) is 10.9 Å². The summed E-state index contributed by atoms with van der Waals surface area (Å²) in [6, 6.07) is 10.5. The minimum Gasteiger partial charge on any atom is -0.351 e.